The van der Waals surface area contributed by atoms with Crippen LogP contribution in [0.2, 0.25) is 0 Å². The third-order valence-electron chi connectivity index (χ3n) is 4.28. The van der Waals surface area contributed by atoms with E-state index in [1.54, 1.807) is 16.7 Å². The number of allylic oxidation sites excluding steroid dienone is 6. The van der Waals surface area contributed by atoms with Gasteiger partial charge in [-0.25, -0.2) is 0 Å². The second-order valence-corrected chi connectivity index (χ2v) is 5.35. The van der Waals surface area contributed by atoms with Gasteiger partial charge >= 0.3 is 0 Å². The molecule has 15 heavy (non-hydrogen) atoms. The van der Waals surface area contributed by atoms with E-state index in [4.69, 9.17) is 0 Å². The zero-order valence-electron chi connectivity index (χ0n) is 9.63. The highest BCUT2D eigenvalue weighted by Gasteiger charge is 2.27. The summed E-state index contributed by atoms with van der Waals surface area (Å²) < 4.78 is 0. The highest BCUT2D eigenvalue weighted by atomic mass is 14.3. The van der Waals surface area contributed by atoms with Crippen molar-refractivity contribution in [3.05, 3.63) is 34.9 Å². The van der Waals surface area contributed by atoms with Gasteiger partial charge in [0.1, 0.15) is 0 Å². The third kappa shape index (κ3) is 1.60. The van der Waals surface area contributed by atoms with E-state index in [2.05, 4.69) is 25.2 Å². The molecule has 3 aliphatic rings. The Morgan fingerprint density at radius 2 is 1.93 bits per heavy atom. The van der Waals surface area contributed by atoms with Gasteiger partial charge in [-0.2, -0.15) is 0 Å². The summed E-state index contributed by atoms with van der Waals surface area (Å²) in [6, 6.07) is 0. The maximum Gasteiger partial charge on any atom is 0.00466 e. The van der Waals surface area contributed by atoms with E-state index < -0.39 is 0 Å². The fraction of sp³-hybridized carbons (Fsp3) is 0.600. The summed E-state index contributed by atoms with van der Waals surface area (Å²) in [6.45, 7) is 2.41. The van der Waals surface area contributed by atoms with E-state index in [1.165, 1.54) is 38.5 Å². The average Bonchev–Trinajstić information content (AvgIpc) is 2.27. The van der Waals surface area contributed by atoms with Gasteiger partial charge in [0.05, 0.1) is 0 Å². The molecular formula is C15H20. The quantitative estimate of drug-likeness (QED) is 0.543. The van der Waals surface area contributed by atoms with Gasteiger partial charge in [0.2, 0.25) is 0 Å². The molecule has 0 aliphatic heterocycles. The van der Waals surface area contributed by atoms with Gasteiger partial charge in [-0.1, -0.05) is 25.2 Å². The first-order valence-corrected chi connectivity index (χ1v) is 6.46. The molecule has 0 radical (unpaired) electrons. The van der Waals surface area contributed by atoms with E-state index in [0.717, 1.165) is 11.8 Å². The lowest BCUT2D eigenvalue weighted by molar-refractivity contribution is 0.426. The molecular weight excluding hydrogens is 180 g/mol. The van der Waals surface area contributed by atoms with Gasteiger partial charge in [0.25, 0.3) is 0 Å². The van der Waals surface area contributed by atoms with Gasteiger partial charge < -0.3 is 0 Å². The van der Waals surface area contributed by atoms with E-state index >= 15 is 0 Å². The minimum absolute atomic E-state index is 0.746. The van der Waals surface area contributed by atoms with E-state index in [-0.39, 0.29) is 0 Å². The molecule has 2 atom stereocenters. The summed E-state index contributed by atoms with van der Waals surface area (Å²) in [6.07, 6.45) is 15.7. The van der Waals surface area contributed by atoms with Gasteiger partial charge in [-0.05, 0) is 61.2 Å². The molecule has 0 aromatic carbocycles. The number of hydrogen-bond donors (Lipinski definition) is 0. The molecule has 0 aromatic rings. The first-order chi connectivity index (χ1) is 7.34. The van der Waals surface area contributed by atoms with E-state index in [9.17, 15) is 0 Å². The van der Waals surface area contributed by atoms with Crippen molar-refractivity contribution in [3.8, 4) is 0 Å². The third-order valence-corrected chi connectivity index (χ3v) is 4.28. The van der Waals surface area contributed by atoms with Crippen LogP contribution < -0.4 is 0 Å². The molecule has 3 rings (SSSR count). The maximum absolute atomic E-state index is 2.59. The van der Waals surface area contributed by atoms with Crippen LogP contribution in [0.4, 0.5) is 0 Å². The van der Waals surface area contributed by atoms with Crippen molar-refractivity contribution >= 4 is 0 Å². The van der Waals surface area contributed by atoms with Crippen LogP contribution in [0.25, 0.3) is 0 Å². The molecule has 1 unspecified atom stereocenters. The molecule has 80 valence electrons. The highest BCUT2D eigenvalue weighted by molar-refractivity contribution is 5.47. The SMILES string of the molecule is CC1CCC=C2C=C3CCCCC3=C[C@@H]21. The summed E-state index contributed by atoms with van der Waals surface area (Å²) in [5.74, 6) is 1.60. The summed E-state index contributed by atoms with van der Waals surface area (Å²) in [5.41, 5.74) is 4.95. The fourth-order valence-corrected chi connectivity index (χ4v) is 3.30. The Balaban J connectivity index is 1.97. The van der Waals surface area contributed by atoms with Gasteiger partial charge in [0.15, 0.2) is 0 Å². The van der Waals surface area contributed by atoms with Crippen molar-refractivity contribution < 1.29 is 0 Å². The molecule has 0 bridgehead atoms. The Morgan fingerprint density at radius 1 is 1.13 bits per heavy atom. The van der Waals surface area contributed by atoms with Gasteiger partial charge in [-0.15, -0.1) is 0 Å². The minimum Gasteiger partial charge on any atom is -0.0807 e. The van der Waals surface area contributed by atoms with Gasteiger partial charge in [-0.3, -0.25) is 0 Å². The first-order valence-electron chi connectivity index (χ1n) is 6.46. The largest absolute Gasteiger partial charge is 0.0807 e. The van der Waals surface area contributed by atoms with Crippen LogP contribution in [0.15, 0.2) is 34.9 Å². The average molecular weight is 200 g/mol. The standard InChI is InChI=1S/C15H20/c1-11-5-4-8-14-9-12-6-2-3-7-13(12)10-15(11)14/h8-11,15H,2-7H2,1H3/t11?,15-/m1/s1. The Bertz CT molecular complexity index is 354. The topological polar surface area (TPSA) is 0 Å². The highest BCUT2D eigenvalue weighted by Crippen LogP contribution is 2.41. The lowest BCUT2D eigenvalue weighted by Crippen LogP contribution is -2.20. The number of fused-ring (bicyclic) bond motifs is 2. The van der Waals surface area contributed by atoms with Crippen LogP contribution in [0.3, 0.4) is 0 Å². The molecule has 1 fully saturated rings. The van der Waals surface area contributed by atoms with Crippen LogP contribution in [-0.4, -0.2) is 0 Å². The Morgan fingerprint density at radius 3 is 2.80 bits per heavy atom. The van der Waals surface area contributed by atoms with Crippen molar-refractivity contribution in [1.29, 1.82) is 0 Å². The lowest BCUT2D eigenvalue weighted by atomic mass is 9.72. The Kier molecular flexibility index (Phi) is 2.31. The predicted molar refractivity (Wildman–Crippen MR) is 64.6 cm³/mol. The smallest absolute Gasteiger partial charge is 0.00466 e. The molecule has 0 heteroatoms. The summed E-state index contributed by atoms with van der Waals surface area (Å²) in [7, 11) is 0. The molecule has 0 heterocycles. The van der Waals surface area contributed by atoms with Crippen molar-refractivity contribution in [3.63, 3.8) is 0 Å². The fourth-order valence-electron chi connectivity index (χ4n) is 3.30. The lowest BCUT2D eigenvalue weighted by Gasteiger charge is -2.33. The molecule has 0 aromatic heterocycles. The minimum atomic E-state index is 0.746. The Hall–Kier alpha value is -0.780. The molecule has 0 amide bonds. The van der Waals surface area contributed by atoms with Crippen LogP contribution in [0.1, 0.15) is 45.4 Å². The number of rotatable bonds is 0. The van der Waals surface area contributed by atoms with E-state index in [0.29, 0.717) is 0 Å². The second kappa shape index (κ2) is 3.66. The van der Waals surface area contributed by atoms with Crippen molar-refractivity contribution in [2.75, 3.05) is 0 Å². The Labute approximate surface area is 92.8 Å². The predicted octanol–water partition coefficient (Wildman–Crippen LogP) is 4.40. The number of hydrogen-bond acceptors (Lipinski definition) is 0. The second-order valence-electron chi connectivity index (χ2n) is 5.35. The van der Waals surface area contributed by atoms with Crippen molar-refractivity contribution in [2.45, 2.75) is 45.4 Å². The molecule has 0 N–H and O–H groups in total. The van der Waals surface area contributed by atoms with Gasteiger partial charge in [0, 0.05) is 5.92 Å². The summed E-state index contributed by atoms with van der Waals surface area (Å²) in [4.78, 5) is 0. The van der Waals surface area contributed by atoms with Crippen LogP contribution in [0, 0.1) is 11.8 Å². The molecule has 0 saturated heterocycles. The van der Waals surface area contributed by atoms with Crippen LogP contribution in [0.5, 0.6) is 0 Å². The zero-order chi connectivity index (χ0) is 10.3. The normalized spacial score (nSPS) is 34.6. The first kappa shape index (κ1) is 9.45. The molecule has 1 saturated carbocycles. The zero-order valence-corrected chi connectivity index (χ0v) is 9.63. The van der Waals surface area contributed by atoms with E-state index in [1.807, 2.05) is 0 Å². The molecule has 0 nitrogen and oxygen atoms in total. The monoisotopic (exact) mass is 200 g/mol. The van der Waals surface area contributed by atoms with Crippen molar-refractivity contribution in [2.24, 2.45) is 11.8 Å². The maximum atomic E-state index is 2.59. The summed E-state index contributed by atoms with van der Waals surface area (Å²) >= 11 is 0. The molecule has 0 spiro atoms. The summed E-state index contributed by atoms with van der Waals surface area (Å²) in [5, 5.41) is 0. The van der Waals surface area contributed by atoms with Crippen LogP contribution >= 0.6 is 0 Å². The van der Waals surface area contributed by atoms with Crippen molar-refractivity contribution in [1.82, 2.24) is 0 Å². The molecule has 3 aliphatic carbocycles. The van der Waals surface area contributed by atoms with Crippen LogP contribution in [-0.2, 0) is 0 Å².